The van der Waals surface area contributed by atoms with Gasteiger partial charge < -0.3 is 9.47 Å². The van der Waals surface area contributed by atoms with E-state index in [2.05, 4.69) is 54.6 Å². The molecule has 1 unspecified atom stereocenters. The molecule has 0 amide bonds. The van der Waals surface area contributed by atoms with E-state index in [9.17, 15) is 0 Å². The second-order valence-electron chi connectivity index (χ2n) is 11.2. The number of hydrogen-bond donors (Lipinski definition) is 0. The summed E-state index contributed by atoms with van der Waals surface area (Å²) in [5.41, 5.74) is 6.08. The molecule has 0 fully saturated rings. The standard InChI is InChI=1S/C40H25N3O2/c1-4-14-26(15-5-1)37-41-38(27-16-6-2-7-17-27)43-39(42-37)29-24-25-34-35-36(29)45-33-23-13-11-21-31(33)40(35,28-18-8-3-9-19-28)30-20-10-12-22-32(30)44-34/h1-25H. The fourth-order valence-corrected chi connectivity index (χ4v) is 6.73. The van der Waals surface area contributed by atoms with Gasteiger partial charge in [0.15, 0.2) is 17.5 Å². The summed E-state index contributed by atoms with van der Waals surface area (Å²) in [6.07, 6.45) is 0. The Kier molecular flexibility index (Phi) is 5.65. The molecule has 1 atom stereocenters. The lowest BCUT2D eigenvalue weighted by molar-refractivity contribution is 0.386. The smallest absolute Gasteiger partial charge is 0.167 e. The summed E-state index contributed by atoms with van der Waals surface area (Å²) in [5.74, 6) is 4.74. The quantitative estimate of drug-likeness (QED) is 0.208. The van der Waals surface area contributed by atoms with Crippen LogP contribution in [0.3, 0.4) is 0 Å². The zero-order valence-corrected chi connectivity index (χ0v) is 24.1. The van der Waals surface area contributed by atoms with Crippen LogP contribution in [0, 0.1) is 0 Å². The van der Waals surface area contributed by atoms with Crippen LogP contribution in [0.4, 0.5) is 0 Å². The Bertz CT molecular complexity index is 2150. The van der Waals surface area contributed by atoms with E-state index in [4.69, 9.17) is 24.4 Å². The molecule has 1 aromatic heterocycles. The normalized spacial score (nSPS) is 15.6. The van der Waals surface area contributed by atoms with Gasteiger partial charge in [-0.1, -0.05) is 127 Å². The van der Waals surface area contributed by atoms with E-state index in [1.165, 1.54) is 0 Å². The third-order valence-corrected chi connectivity index (χ3v) is 8.66. The van der Waals surface area contributed by atoms with E-state index >= 15 is 0 Å². The minimum Gasteiger partial charge on any atom is -0.457 e. The maximum atomic E-state index is 6.88. The van der Waals surface area contributed by atoms with Crippen LogP contribution in [-0.4, -0.2) is 15.0 Å². The highest BCUT2D eigenvalue weighted by atomic mass is 16.5. The SMILES string of the molecule is c1ccc(-c2nc(-c3ccccc3)nc(-c3ccc4c5c3Oc3ccccc3C5(c3ccccc3)c3ccccc3O4)n2)cc1. The van der Waals surface area contributed by atoms with E-state index in [0.717, 1.165) is 56.2 Å². The van der Waals surface area contributed by atoms with E-state index in [1.807, 2.05) is 97.1 Å². The van der Waals surface area contributed by atoms with Crippen molar-refractivity contribution < 1.29 is 9.47 Å². The first kappa shape index (κ1) is 25.4. The van der Waals surface area contributed by atoms with Gasteiger partial charge in [0.05, 0.1) is 16.5 Å². The molecule has 0 N–H and O–H groups in total. The monoisotopic (exact) mass is 579 g/mol. The Morgan fingerprint density at radius 3 is 1.49 bits per heavy atom. The minimum absolute atomic E-state index is 0.528. The van der Waals surface area contributed by atoms with Gasteiger partial charge in [-0.05, 0) is 29.8 Å². The number of rotatable bonds is 4. The fraction of sp³-hybridized carbons (Fsp3) is 0.0250. The Balaban J connectivity index is 1.37. The molecule has 9 rings (SSSR count). The fourth-order valence-electron chi connectivity index (χ4n) is 6.73. The van der Waals surface area contributed by atoms with Crippen molar-refractivity contribution >= 4 is 0 Å². The van der Waals surface area contributed by atoms with Crippen molar-refractivity contribution in [2.24, 2.45) is 0 Å². The van der Waals surface area contributed by atoms with Gasteiger partial charge >= 0.3 is 0 Å². The molecule has 5 heteroatoms. The lowest BCUT2D eigenvalue weighted by Gasteiger charge is -2.45. The Morgan fingerprint density at radius 1 is 0.400 bits per heavy atom. The van der Waals surface area contributed by atoms with Gasteiger partial charge in [-0.3, -0.25) is 0 Å². The lowest BCUT2D eigenvalue weighted by atomic mass is 9.62. The van der Waals surface area contributed by atoms with Crippen LogP contribution in [0.1, 0.15) is 22.3 Å². The van der Waals surface area contributed by atoms with E-state index in [1.54, 1.807) is 0 Å². The van der Waals surface area contributed by atoms with Crippen LogP contribution in [0.2, 0.25) is 0 Å². The molecule has 6 aromatic carbocycles. The van der Waals surface area contributed by atoms with Gasteiger partial charge in [-0.25, -0.2) is 15.0 Å². The van der Waals surface area contributed by atoms with Crippen molar-refractivity contribution in [2.75, 3.05) is 0 Å². The summed E-state index contributed by atoms with van der Waals surface area (Å²) in [7, 11) is 0. The van der Waals surface area contributed by atoms with E-state index in [-0.39, 0.29) is 0 Å². The van der Waals surface area contributed by atoms with E-state index in [0.29, 0.717) is 23.2 Å². The average Bonchev–Trinajstić information content (AvgIpc) is 3.12. The maximum Gasteiger partial charge on any atom is 0.167 e. The van der Waals surface area contributed by atoms with Gasteiger partial charge in [-0.2, -0.15) is 0 Å². The molecule has 3 heterocycles. The summed E-state index contributed by atoms with van der Waals surface area (Å²) in [6, 6.07) is 51.2. The molecule has 45 heavy (non-hydrogen) atoms. The molecule has 0 radical (unpaired) electrons. The first-order valence-electron chi connectivity index (χ1n) is 15.0. The molecule has 2 aliphatic heterocycles. The number of fused-ring (bicyclic) bond motifs is 4. The van der Waals surface area contributed by atoms with Crippen molar-refractivity contribution in [2.45, 2.75) is 5.41 Å². The van der Waals surface area contributed by atoms with Crippen molar-refractivity contribution in [1.29, 1.82) is 0 Å². The molecule has 0 saturated carbocycles. The molecule has 0 saturated heterocycles. The van der Waals surface area contributed by atoms with Crippen LogP contribution in [0.15, 0.2) is 152 Å². The number of aromatic nitrogens is 3. The predicted molar refractivity (Wildman–Crippen MR) is 175 cm³/mol. The number of ether oxygens (including phenoxy) is 2. The minimum atomic E-state index is -0.691. The number of nitrogens with zero attached hydrogens (tertiary/aromatic N) is 3. The van der Waals surface area contributed by atoms with Crippen LogP contribution in [-0.2, 0) is 5.41 Å². The van der Waals surface area contributed by atoms with Gasteiger partial charge in [0.25, 0.3) is 0 Å². The largest absolute Gasteiger partial charge is 0.457 e. The highest BCUT2D eigenvalue weighted by Gasteiger charge is 2.51. The Morgan fingerprint density at radius 2 is 0.889 bits per heavy atom. The number of benzene rings is 6. The third-order valence-electron chi connectivity index (χ3n) is 8.66. The molecular weight excluding hydrogens is 554 g/mol. The lowest BCUT2D eigenvalue weighted by Crippen LogP contribution is -2.37. The predicted octanol–water partition coefficient (Wildman–Crippen LogP) is 9.47. The van der Waals surface area contributed by atoms with Crippen LogP contribution < -0.4 is 9.47 Å². The molecule has 7 aromatic rings. The summed E-state index contributed by atoms with van der Waals surface area (Å²) < 4.78 is 13.5. The maximum absolute atomic E-state index is 6.88. The van der Waals surface area contributed by atoms with Crippen LogP contribution in [0.25, 0.3) is 34.2 Å². The van der Waals surface area contributed by atoms with Crippen molar-refractivity contribution in [3.8, 4) is 57.2 Å². The summed E-state index contributed by atoms with van der Waals surface area (Å²) in [5, 5.41) is 0. The highest BCUT2D eigenvalue weighted by Crippen LogP contribution is 2.63. The summed E-state index contributed by atoms with van der Waals surface area (Å²) in [6.45, 7) is 0. The molecule has 0 spiro atoms. The van der Waals surface area contributed by atoms with Gasteiger partial charge in [0.1, 0.15) is 23.0 Å². The summed E-state index contributed by atoms with van der Waals surface area (Å²) in [4.78, 5) is 15.0. The number of para-hydroxylation sites is 2. The van der Waals surface area contributed by atoms with Crippen LogP contribution in [0.5, 0.6) is 23.0 Å². The van der Waals surface area contributed by atoms with Gasteiger partial charge in [0.2, 0.25) is 0 Å². The third kappa shape index (κ3) is 3.84. The van der Waals surface area contributed by atoms with Crippen molar-refractivity contribution in [1.82, 2.24) is 15.0 Å². The average molecular weight is 580 g/mol. The zero-order chi connectivity index (χ0) is 29.8. The first-order valence-corrected chi connectivity index (χ1v) is 15.0. The second kappa shape index (κ2) is 10.00. The van der Waals surface area contributed by atoms with Gasteiger partial charge in [-0.15, -0.1) is 0 Å². The van der Waals surface area contributed by atoms with Crippen LogP contribution >= 0.6 is 0 Å². The van der Waals surface area contributed by atoms with Crippen molar-refractivity contribution in [3.05, 3.63) is 174 Å². The zero-order valence-electron chi connectivity index (χ0n) is 24.1. The molecule has 2 aliphatic rings. The molecule has 0 aliphatic carbocycles. The second-order valence-corrected chi connectivity index (χ2v) is 11.2. The number of hydrogen-bond acceptors (Lipinski definition) is 5. The molecule has 212 valence electrons. The molecule has 5 nitrogen and oxygen atoms in total. The first-order chi connectivity index (χ1) is 22.3. The molecular formula is C40H25N3O2. The van der Waals surface area contributed by atoms with E-state index < -0.39 is 5.41 Å². The Hall–Kier alpha value is -6.07. The molecule has 0 bridgehead atoms. The van der Waals surface area contributed by atoms with Gasteiger partial charge in [0, 0.05) is 22.3 Å². The highest BCUT2D eigenvalue weighted by molar-refractivity contribution is 5.83. The van der Waals surface area contributed by atoms with Crippen molar-refractivity contribution in [3.63, 3.8) is 0 Å². The topological polar surface area (TPSA) is 57.1 Å². The Labute approximate surface area is 260 Å². The summed E-state index contributed by atoms with van der Waals surface area (Å²) >= 11 is 0.